The van der Waals surface area contributed by atoms with Gasteiger partial charge in [-0.15, -0.1) is 0 Å². The van der Waals surface area contributed by atoms with E-state index in [-0.39, 0.29) is 11.7 Å². The van der Waals surface area contributed by atoms with E-state index in [1.54, 1.807) is 4.90 Å². The minimum Gasteiger partial charge on any atom is -0.409 e. The molecule has 1 aromatic rings. The van der Waals surface area contributed by atoms with E-state index in [1.807, 2.05) is 24.3 Å². The Bertz CT molecular complexity index is 554. The van der Waals surface area contributed by atoms with E-state index in [1.165, 1.54) is 0 Å². The van der Waals surface area contributed by atoms with Crippen molar-refractivity contribution in [1.29, 1.82) is 0 Å². The van der Waals surface area contributed by atoms with Crippen LogP contribution in [0, 0.1) is 5.41 Å². The summed E-state index contributed by atoms with van der Waals surface area (Å²) in [6, 6.07) is 8.01. The SMILES string of the molecule is NC(=NO)C1(C(=O)N2Cc3ccccc3C2)CCOCC1. The number of carbonyl (C=O) groups is 1. The van der Waals surface area contributed by atoms with Crippen molar-refractivity contribution in [3.63, 3.8) is 0 Å². The highest BCUT2D eigenvalue weighted by Gasteiger charge is 2.47. The molecule has 0 saturated carbocycles. The van der Waals surface area contributed by atoms with Gasteiger partial charge < -0.3 is 20.6 Å². The lowest BCUT2D eigenvalue weighted by molar-refractivity contribution is -0.143. The van der Waals surface area contributed by atoms with Crippen molar-refractivity contribution in [1.82, 2.24) is 4.90 Å². The number of hydrogen-bond donors (Lipinski definition) is 2. The predicted octanol–water partition coefficient (Wildman–Crippen LogP) is 1.07. The lowest BCUT2D eigenvalue weighted by Gasteiger charge is -2.37. The van der Waals surface area contributed by atoms with Crippen LogP contribution >= 0.6 is 0 Å². The van der Waals surface area contributed by atoms with Gasteiger partial charge in [-0.05, 0) is 24.0 Å². The molecule has 0 spiro atoms. The van der Waals surface area contributed by atoms with Gasteiger partial charge in [0.2, 0.25) is 5.91 Å². The third-order valence-electron chi connectivity index (χ3n) is 4.48. The molecule has 0 bridgehead atoms. The van der Waals surface area contributed by atoms with Crippen molar-refractivity contribution in [3.8, 4) is 0 Å². The fourth-order valence-electron chi connectivity index (χ4n) is 3.17. The molecule has 2 aliphatic rings. The standard InChI is InChI=1S/C15H19N3O3/c16-13(17-20)15(5-7-21-8-6-15)14(19)18-9-11-3-1-2-4-12(11)10-18/h1-4,20H,5-10H2,(H2,16,17). The third kappa shape index (κ3) is 2.25. The highest BCUT2D eigenvalue weighted by molar-refractivity contribution is 6.07. The number of nitrogens with two attached hydrogens (primary N) is 1. The molecule has 1 saturated heterocycles. The van der Waals surface area contributed by atoms with Gasteiger partial charge in [0.15, 0.2) is 5.84 Å². The number of oxime groups is 1. The second-order valence-electron chi connectivity index (χ2n) is 5.61. The zero-order chi connectivity index (χ0) is 14.9. The van der Waals surface area contributed by atoms with Crippen LogP contribution in [-0.2, 0) is 22.6 Å². The quantitative estimate of drug-likeness (QED) is 0.369. The van der Waals surface area contributed by atoms with Crippen molar-refractivity contribution >= 4 is 11.7 Å². The van der Waals surface area contributed by atoms with Crippen molar-refractivity contribution in [2.24, 2.45) is 16.3 Å². The number of amides is 1. The summed E-state index contributed by atoms with van der Waals surface area (Å²) in [4.78, 5) is 14.8. The number of benzene rings is 1. The largest absolute Gasteiger partial charge is 0.409 e. The third-order valence-corrected chi connectivity index (χ3v) is 4.48. The van der Waals surface area contributed by atoms with Gasteiger partial charge in [-0.3, -0.25) is 4.79 Å². The predicted molar refractivity (Wildman–Crippen MR) is 76.6 cm³/mol. The van der Waals surface area contributed by atoms with Crippen molar-refractivity contribution in [2.75, 3.05) is 13.2 Å². The first-order valence-corrected chi connectivity index (χ1v) is 7.09. The van der Waals surface area contributed by atoms with Crippen molar-refractivity contribution in [2.45, 2.75) is 25.9 Å². The first kappa shape index (κ1) is 13.9. The summed E-state index contributed by atoms with van der Waals surface area (Å²) in [5.41, 5.74) is 7.24. The molecule has 6 heteroatoms. The fourth-order valence-corrected chi connectivity index (χ4v) is 3.17. The minimum absolute atomic E-state index is 0.00763. The maximum Gasteiger partial charge on any atom is 0.237 e. The molecule has 0 atom stereocenters. The van der Waals surface area contributed by atoms with Crippen LogP contribution in [0.4, 0.5) is 0 Å². The van der Waals surface area contributed by atoms with E-state index in [2.05, 4.69) is 5.16 Å². The number of nitrogens with zero attached hydrogens (tertiary/aromatic N) is 2. The van der Waals surface area contributed by atoms with Crippen LogP contribution in [-0.4, -0.2) is 35.1 Å². The summed E-state index contributed by atoms with van der Waals surface area (Å²) < 4.78 is 5.33. The van der Waals surface area contributed by atoms with Gasteiger partial charge in [-0.25, -0.2) is 0 Å². The molecule has 1 amide bonds. The van der Waals surface area contributed by atoms with Crippen molar-refractivity contribution in [3.05, 3.63) is 35.4 Å². The van der Waals surface area contributed by atoms with Crippen LogP contribution in [0.2, 0.25) is 0 Å². The Morgan fingerprint density at radius 3 is 2.33 bits per heavy atom. The second kappa shape index (κ2) is 5.37. The summed E-state index contributed by atoms with van der Waals surface area (Å²) in [6.45, 7) is 2.05. The topological polar surface area (TPSA) is 88.2 Å². The Kier molecular flexibility index (Phi) is 3.55. The summed E-state index contributed by atoms with van der Waals surface area (Å²) >= 11 is 0. The molecular formula is C15H19N3O3. The molecule has 21 heavy (non-hydrogen) atoms. The number of fused-ring (bicyclic) bond motifs is 1. The number of hydrogen-bond acceptors (Lipinski definition) is 4. The van der Waals surface area contributed by atoms with Gasteiger partial charge >= 0.3 is 0 Å². The van der Waals surface area contributed by atoms with Crippen LogP contribution < -0.4 is 5.73 Å². The van der Waals surface area contributed by atoms with E-state index in [4.69, 9.17) is 15.7 Å². The molecule has 1 aromatic carbocycles. The van der Waals surface area contributed by atoms with Crippen LogP contribution in [0.15, 0.2) is 29.4 Å². The van der Waals surface area contributed by atoms with E-state index < -0.39 is 5.41 Å². The zero-order valence-electron chi connectivity index (χ0n) is 11.8. The molecule has 3 rings (SSSR count). The Morgan fingerprint density at radius 2 is 1.81 bits per heavy atom. The molecule has 1 fully saturated rings. The van der Waals surface area contributed by atoms with Gasteiger partial charge in [0, 0.05) is 26.3 Å². The Balaban J connectivity index is 1.86. The summed E-state index contributed by atoms with van der Waals surface area (Å²) in [7, 11) is 0. The molecule has 6 nitrogen and oxygen atoms in total. The summed E-state index contributed by atoms with van der Waals surface area (Å²) in [6.07, 6.45) is 0.906. The molecule has 3 N–H and O–H groups in total. The molecule has 112 valence electrons. The van der Waals surface area contributed by atoms with Gasteiger partial charge in [0.1, 0.15) is 5.41 Å². The van der Waals surface area contributed by atoms with E-state index in [0.717, 1.165) is 11.1 Å². The smallest absolute Gasteiger partial charge is 0.237 e. The molecule has 0 aromatic heterocycles. The van der Waals surface area contributed by atoms with E-state index in [0.29, 0.717) is 39.1 Å². The number of rotatable bonds is 2. The van der Waals surface area contributed by atoms with Gasteiger partial charge in [0.25, 0.3) is 0 Å². The second-order valence-corrected chi connectivity index (χ2v) is 5.61. The van der Waals surface area contributed by atoms with Crippen LogP contribution in [0.25, 0.3) is 0 Å². The maximum absolute atomic E-state index is 13.0. The van der Waals surface area contributed by atoms with Crippen molar-refractivity contribution < 1.29 is 14.7 Å². The molecule has 2 aliphatic heterocycles. The summed E-state index contributed by atoms with van der Waals surface area (Å²) in [5.74, 6) is -0.0796. The number of ether oxygens (including phenoxy) is 1. The van der Waals surface area contributed by atoms with E-state index in [9.17, 15) is 4.79 Å². The first-order valence-electron chi connectivity index (χ1n) is 7.09. The van der Waals surface area contributed by atoms with Gasteiger partial charge in [0.05, 0.1) is 0 Å². The highest BCUT2D eigenvalue weighted by atomic mass is 16.5. The maximum atomic E-state index is 13.0. The normalized spacial score (nSPS) is 21.1. The lowest BCUT2D eigenvalue weighted by atomic mass is 9.77. The Morgan fingerprint density at radius 1 is 1.24 bits per heavy atom. The lowest BCUT2D eigenvalue weighted by Crippen LogP contribution is -2.52. The Labute approximate surface area is 123 Å². The Hall–Kier alpha value is -2.08. The van der Waals surface area contributed by atoms with Gasteiger partial charge in [-0.2, -0.15) is 0 Å². The molecule has 2 heterocycles. The minimum atomic E-state index is -0.935. The molecule has 0 radical (unpaired) electrons. The monoisotopic (exact) mass is 289 g/mol. The highest BCUT2D eigenvalue weighted by Crippen LogP contribution is 2.36. The zero-order valence-corrected chi connectivity index (χ0v) is 11.8. The average molecular weight is 289 g/mol. The number of amidine groups is 1. The molecule has 0 unspecified atom stereocenters. The van der Waals surface area contributed by atoms with Crippen LogP contribution in [0.5, 0.6) is 0 Å². The molecular weight excluding hydrogens is 270 g/mol. The van der Waals surface area contributed by atoms with Crippen LogP contribution in [0.1, 0.15) is 24.0 Å². The first-order chi connectivity index (χ1) is 10.2. The fraction of sp³-hybridized carbons (Fsp3) is 0.467. The number of carbonyl (C=O) groups excluding carboxylic acids is 1. The van der Waals surface area contributed by atoms with Crippen LogP contribution in [0.3, 0.4) is 0 Å². The summed E-state index contributed by atoms with van der Waals surface area (Å²) in [5, 5.41) is 12.2. The van der Waals surface area contributed by atoms with E-state index >= 15 is 0 Å². The average Bonchev–Trinajstić information content (AvgIpc) is 2.97. The molecule has 0 aliphatic carbocycles. The van der Waals surface area contributed by atoms with Gasteiger partial charge in [-0.1, -0.05) is 29.4 Å².